The van der Waals surface area contributed by atoms with E-state index in [1.54, 1.807) is 0 Å². The summed E-state index contributed by atoms with van der Waals surface area (Å²) < 4.78 is 0. The number of rotatable bonds is 1. The van der Waals surface area contributed by atoms with Gasteiger partial charge in [-0.1, -0.05) is 0 Å². The second-order valence-electron chi connectivity index (χ2n) is 3.60. The third-order valence-corrected chi connectivity index (χ3v) is 4.19. The van der Waals surface area contributed by atoms with Crippen LogP contribution < -0.4 is 0 Å². The van der Waals surface area contributed by atoms with Crippen molar-refractivity contribution < 1.29 is 0 Å². The Morgan fingerprint density at radius 3 is 2.30 bits per heavy atom. The lowest BCUT2D eigenvalue weighted by atomic mass is 9.90. The van der Waals surface area contributed by atoms with E-state index in [9.17, 15) is 0 Å². The fourth-order valence-electron chi connectivity index (χ4n) is 2.55. The van der Waals surface area contributed by atoms with Crippen LogP contribution in [0.4, 0.5) is 0 Å². The van der Waals surface area contributed by atoms with E-state index >= 15 is 0 Å². The minimum Gasteiger partial charge on any atom is -0.126 e. The van der Waals surface area contributed by atoms with Gasteiger partial charge in [-0.15, -0.1) is 23.2 Å². The van der Waals surface area contributed by atoms with Crippen LogP contribution in [-0.2, 0) is 0 Å². The highest BCUT2D eigenvalue weighted by molar-refractivity contribution is 6.23. The summed E-state index contributed by atoms with van der Waals surface area (Å²) in [6.07, 6.45) is 4.09. The molecule has 58 valence electrons. The third kappa shape index (κ3) is 0.887. The van der Waals surface area contributed by atoms with Gasteiger partial charge in [-0.05, 0) is 37.0 Å². The Morgan fingerprint density at radius 1 is 1.20 bits per heavy atom. The molecule has 2 saturated carbocycles. The predicted octanol–water partition coefficient (Wildman–Crippen LogP) is 2.88. The molecule has 4 atom stereocenters. The molecule has 10 heavy (non-hydrogen) atoms. The monoisotopic (exact) mass is 178 g/mol. The normalized spacial score (nSPS) is 52.2. The van der Waals surface area contributed by atoms with Crippen molar-refractivity contribution in [3.8, 4) is 0 Å². The average molecular weight is 179 g/mol. The van der Waals surface area contributed by atoms with Gasteiger partial charge in [-0.3, -0.25) is 0 Å². The Bertz CT molecular complexity index is 133. The van der Waals surface area contributed by atoms with Crippen molar-refractivity contribution >= 4 is 23.2 Å². The lowest BCUT2D eigenvalue weighted by Crippen LogP contribution is -2.23. The minimum absolute atomic E-state index is 0.399. The molecule has 0 amide bonds. The van der Waals surface area contributed by atoms with Crippen molar-refractivity contribution in [1.82, 2.24) is 0 Å². The molecule has 2 heteroatoms. The number of hydrogen-bond donors (Lipinski definition) is 0. The van der Waals surface area contributed by atoms with E-state index in [0.29, 0.717) is 11.3 Å². The highest BCUT2D eigenvalue weighted by atomic mass is 35.5. The zero-order valence-corrected chi connectivity index (χ0v) is 7.41. The Hall–Kier alpha value is 0.580. The van der Waals surface area contributed by atoms with Gasteiger partial charge in [-0.25, -0.2) is 0 Å². The highest BCUT2D eigenvalue weighted by Crippen LogP contribution is 2.51. The smallest absolute Gasteiger partial charge is 0.0406 e. The summed E-state index contributed by atoms with van der Waals surface area (Å²) in [7, 11) is 0. The Labute approximate surface area is 71.9 Å². The molecule has 4 unspecified atom stereocenters. The second-order valence-corrected chi connectivity index (χ2v) is 4.41. The van der Waals surface area contributed by atoms with Gasteiger partial charge in [0.15, 0.2) is 0 Å². The van der Waals surface area contributed by atoms with Crippen molar-refractivity contribution in [2.24, 2.45) is 17.8 Å². The van der Waals surface area contributed by atoms with Gasteiger partial charge in [-0.2, -0.15) is 0 Å². The third-order valence-electron chi connectivity index (χ3n) is 3.16. The number of halogens is 2. The van der Waals surface area contributed by atoms with Crippen molar-refractivity contribution in [2.45, 2.75) is 24.6 Å². The summed E-state index contributed by atoms with van der Waals surface area (Å²) in [5.74, 6) is 3.07. The first-order chi connectivity index (χ1) is 4.83. The van der Waals surface area contributed by atoms with Gasteiger partial charge >= 0.3 is 0 Å². The average Bonchev–Trinajstić information content (AvgIpc) is 2.46. The molecule has 0 N–H and O–H groups in total. The van der Waals surface area contributed by atoms with E-state index < -0.39 is 0 Å². The maximum absolute atomic E-state index is 6.19. The molecule has 0 radical (unpaired) electrons. The summed E-state index contributed by atoms with van der Waals surface area (Å²) in [5, 5.41) is 0.399. The molecule has 0 aromatic heterocycles. The summed E-state index contributed by atoms with van der Waals surface area (Å²) in [5.41, 5.74) is 0. The van der Waals surface area contributed by atoms with E-state index in [4.69, 9.17) is 23.2 Å². The fourth-order valence-corrected chi connectivity index (χ4v) is 3.61. The molecule has 0 aliphatic heterocycles. The van der Waals surface area contributed by atoms with Crippen LogP contribution in [0.1, 0.15) is 19.3 Å². The van der Waals surface area contributed by atoms with Crippen LogP contribution in [0.5, 0.6) is 0 Å². The molecule has 0 aromatic rings. The van der Waals surface area contributed by atoms with Gasteiger partial charge in [0, 0.05) is 11.3 Å². The predicted molar refractivity (Wildman–Crippen MR) is 44.7 cm³/mol. The standard InChI is InChI=1S/C8H12Cl2/c9-4-7-5-1-2-6(3-5)8(7)10/h5-8H,1-4H2. The zero-order valence-electron chi connectivity index (χ0n) is 5.89. The number of fused-ring (bicyclic) bond motifs is 2. The van der Waals surface area contributed by atoms with Crippen LogP contribution in [0.2, 0.25) is 0 Å². The van der Waals surface area contributed by atoms with Gasteiger partial charge in [0.05, 0.1) is 0 Å². The Morgan fingerprint density at radius 2 is 1.90 bits per heavy atom. The van der Waals surface area contributed by atoms with Crippen LogP contribution in [0.25, 0.3) is 0 Å². The van der Waals surface area contributed by atoms with Crippen molar-refractivity contribution in [3.63, 3.8) is 0 Å². The Balaban J connectivity index is 2.10. The summed E-state index contributed by atoms with van der Waals surface area (Å²) in [6.45, 7) is 0. The molecular weight excluding hydrogens is 167 g/mol. The molecule has 2 rings (SSSR count). The number of alkyl halides is 2. The second kappa shape index (κ2) is 2.57. The van der Waals surface area contributed by atoms with Crippen LogP contribution in [0.15, 0.2) is 0 Å². The molecule has 0 aromatic carbocycles. The highest BCUT2D eigenvalue weighted by Gasteiger charge is 2.45. The molecule has 0 nitrogen and oxygen atoms in total. The molecule has 2 aliphatic rings. The first-order valence-electron chi connectivity index (χ1n) is 4.03. The van der Waals surface area contributed by atoms with E-state index in [0.717, 1.165) is 17.7 Å². The summed E-state index contributed by atoms with van der Waals surface area (Å²) in [4.78, 5) is 0. The number of hydrogen-bond acceptors (Lipinski definition) is 0. The Kier molecular flexibility index (Phi) is 1.86. The molecule has 0 spiro atoms. The molecule has 2 aliphatic carbocycles. The SMILES string of the molecule is ClCC1C2CCC(C2)C1Cl. The van der Waals surface area contributed by atoms with Gasteiger partial charge < -0.3 is 0 Å². The maximum Gasteiger partial charge on any atom is 0.0406 e. The lowest BCUT2D eigenvalue weighted by molar-refractivity contribution is 0.370. The molecule has 0 saturated heterocycles. The van der Waals surface area contributed by atoms with Crippen LogP contribution in [-0.4, -0.2) is 11.3 Å². The maximum atomic E-state index is 6.19. The minimum atomic E-state index is 0.399. The van der Waals surface area contributed by atoms with E-state index in [1.165, 1.54) is 19.3 Å². The lowest BCUT2D eigenvalue weighted by Gasteiger charge is -2.23. The largest absolute Gasteiger partial charge is 0.126 e. The molecule has 2 fully saturated rings. The fraction of sp³-hybridized carbons (Fsp3) is 1.00. The van der Waals surface area contributed by atoms with Gasteiger partial charge in [0.2, 0.25) is 0 Å². The summed E-state index contributed by atoms with van der Waals surface area (Å²) in [6, 6.07) is 0. The summed E-state index contributed by atoms with van der Waals surface area (Å²) >= 11 is 12.0. The van der Waals surface area contributed by atoms with Crippen molar-refractivity contribution in [1.29, 1.82) is 0 Å². The van der Waals surface area contributed by atoms with E-state index in [2.05, 4.69) is 0 Å². The molecule has 2 bridgehead atoms. The first kappa shape index (κ1) is 7.24. The van der Waals surface area contributed by atoms with Crippen molar-refractivity contribution in [2.75, 3.05) is 5.88 Å². The molecule has 0 heterocycles. The van der Waals surface area contributed by atoms with Gasteiger partial charge in [0.25, 0.3) is 0 Å². The van der Waals surface area contributed by atoms with E-state index in [-0.39, 0.29) is 0 Å². The quantitative estimate of drug-likeness (QED) is 0.543. The van der Waals surface area contributed by atoms with Gasteiger partial charge in [0.1, 0.15) is 0 Å². The van der Waals surface area contributed by atoms with Crippen LogP contribution in [0, 0.1) is 17.8 Å². The van der Waals surface area contributed by atoms with Crippen LogP contribution >= 0.6 is 23.2 Å². The molecular formula is C8H12Cl2. The van der Waals surface area contributed by atoms with Crippen molar-refractivity contribution in [3.05, 3.63) is 0 Å². The van der Waals surface area contributed by atoms with E-state index in [1.807, 2.05) is 0 Å². The topological polar surface area (TPSA) is 0 Å². The van der Waals surface area contributed by atoms with Crippen LogP contribution in [0.3, 0.4) is 0 Å². The zero-order chi connectivity index (χ0) is 7.14. The first-order valence-corrected chi connectivity index (χ1v) is 5.00.